The van der Waals surface area contributed by atoms with Gasteiger partial charge in [0.25, 0.3) is 10.0 Å². The van der Waals surface area contributed by atoms with Gasteiger partial charge in [-0.1, -0.05) is 48.0 Å². The maximum absolute atomic E-state index is 13.3. The quantitative estimate of drug-likeness (QED) is 0.0869. The largest absolute Gasteiger partial charge is 0.490 e. The van der Waals surface area contributed by atoms with E-state index in [0.29, 0.717) is 28.1 Å². The molecule has 5 N–H and O–H groups in total. The summed E-state index contributed by atoms with van der Waals surface area (Å²) in [7, 11) is -3.98. The van der Waals surface area contributed by atoms with Crippen LogP contribution in [0.1, 0.15) is 21.5 Å². The van der Waals surface area contributed by atoms with Crippen LogP contribution in [0.3, 0.4) is 0 Å². The first-order chi connectivity index (χ1) is 23.4. The predicted molar refractivity (Wildman–Crippen MR) is 181 cm³/mol. The average molecular weight is 688 g/mol. The Morgan fingerprint density at radius 2 is 1.47 bits per heavy atom. The van der Waals surface area contributed by atoms with E-state index in [1.54, 1.807) is 60.7 Å². The Morgan fingerprint density at radius 3 is 2.14 bits per heavy atom. The minimum absolute atomic E-state index is 0.00755. The number of aromatic carboxylic acids is 1. The molecule has 0 spiro atoms. The Kier molecular flexibility index (Phi) is 10.5. The van der Waals surface area contributed by atoms with Crippen LogP contribution in [-0.2, 0) is 26.2 Å². The summed E-state index contributed by atoms with van der Waals surface area (Å²) in [4.78, 5) is 38.5. The number of anilines is 1. The number of fused-ring (bicyclic) bond motifs is 1. The van der Waals surface area contributed by atoms with Gasteiger partial charge in [-0.25, -0.2) is 13.2 Å². The van der Waals surface area contributed by atoms with Crippen LogP contribution in [-0.4, -0.2) is 77.8 Å². The molecule has 0 unspecified atom stereocenters. The van der Waals surface area contributed by atoms with Crippen LogP contribution >= 0.6 is 0 Å². The molecule has 5 aromatic rings. The first-order valence-corrected chi connectivity index (χ1v) is 16.5. The number of carbonyl (C=O) groups is 3. The van der Waals surface area contributed by atoms with Crippen molar-refractivity contribution in [1.29, 1.82) is 0 Å². The zero-order valence-electron chi connectivity index (χ0n) is 26.3. The molecule has 0 aliphatic carbocycles. The molecule has 0 saturated heterocycles. The molecule has 0 bridgehead atoms. The first kappa shape index (κ1) is 34.5. The van der Waals surface area contributed by atoms with Crippen LogP contribution in [0.15, 0.2) is 95.9 Å². The first-order valence-electron chi connectivity index (χ1n) is 15.0. The molecule has 14 heteroatoms. The summed E-state index contributed by atoms with van der Waals surface area (Å²) in [6, 6.07) is 24.7. The molecular weight excluding hydrogens is 654 g/mol. The van der Waals surface area contributed by atoms with Crippen molar-refractivity contribution in [1.82, 2.24) is 9.88 Å². The highest BCUT2D eigenvalue weighted by Crippen LogP contribution is 2.34. The summed E-state index contributed by atoms with van der Waals surface area (Å²) in [6.07, 6.45) is 0. The van der Waals surface area contributed by atoms with E-state index < -0.39 is 41.0 Å². The highest BCUT2D eigenvalue weighted by Gasteiger charge is 2.19. The normalized spacial score (nSPS) is 11.4. The van der Waals surface area contributed by atoms with Crippen molar-refractivity contribution < 1.29 is 47.6 Å². The van der Waals surface area contributed by atoms with Crippen LogP contribution in [0.5, 0.6) is 11.5 Å². The van der Waals surface area contributed by atoms with Crippen molar-refractivity contribution >= 4 is 44.5 Å². The van der Waals surface area contributed by atoms with Crippen molar-refractivity contribution in [2.45, 2.75) is 18.4 Å². The van der Waals surface area contributed by atoms with Gasteiger partial charge in [0.1, 0.15) is 24.7 Å². The number of hydrogen-bond donors (Lipinski definition) is 5. The van der Waals surface area contributed by atoms with Crippen molar-refractivity contribution in [2.24, 2.45) is 0 Å². The Morgan fingerprint density at radius 1 is 0.796 bits per heavy atom. The van der Waals surface area contributed by atoms with Gasteiger partial charge in [-0.2, -0.15) is 0 Å². The second kappa shape index (κ2) is 14.9. The number of aliphatic carboxylic acids is 2. The molecule has 254 valence electrons. The number of hydrogen-bond acceptors (Lipinski definition) is 8. The van der Waals surface area contributed by atoms with Gasteiger partial charge in [-0.15, -0.1) is 0 Å². The number of nitrogens with zero attached hydrogens (tertiary/aromatic N) is 1. The summed E-state index contributed by atoms with van der Waals surface area (Å²) in [5, 5.41) is 28.6. The van der Waals surface area contributed by atoms with Crippen LogP contribution in [0.25, 0.3) is 22.2 Å². The van der Waals surface area contributed by atoms with Crippen molar-refractivity contribution in [3.05, 3.63) is 108 Å². The van der Waals surface area contributed by atoms with Gasteiger partial charge in [0, 0.05) is 34.3 Å². The Bertz CT molecular complexity index is 2090. The van der Waals surface area contributed by atoms with Gasteiger partial charge in [0.05, 0.1) is 29.2 Å². The third kappa shape index (κ3) is 8.94. The van der Waals surface area contributed by atoms with Gasteiger partial charge in [-0.05, 0) is 55.5 Å². The summed E-state index contributed by atoms with van der Waals surface area (Å²) >= 11 is 0. The summed E-state index contributed by atoms with van der Waals surface area (Å²) < 4.78 is 41.1. The number of H-pyrrole nitrogens is 1. The molecule has 0 saturated carbocycles. The Hall–Kier alpha value is -5.86. The van der Waals surface area contributed by atoms with Crippen molar-refractivity contribution in [2.75, 3.05) is 31.0 Å². The molecule has 1 aromatic heterocycles. The molecule has 0 amide bonds. The molecule has 0 atom stereocenters. The Balaban J connectivity index is 1.38. The van der Waals surface area contributed by atoms with Crippen LogP contribution < -0.4 is 14.2 Å². The lowest BCUT2D eigenvalue weighted by Crippen LogP contribution is -2.34. The zero-order valence-corrected chi connectivity index (χ0v) is 27.1. The number of para-hydroxylation sites is 1. The average Bonchev–Trinajstić information content (AvgIpc) is 3.47. The van der Waals surface area contributed by atoms with Gasteiger partial charge in [0.15, 0.2) is 0 Å². The minimum atomic E-state index is -3.98. The fourth-order valence-corrected chi connectivity index (χ4v) is 6.17. The molecule has 0 fully saturated rings. The lowest BCUT2D eigenvalue weighted by molar-refractivity contribution is -0.142. The molecular formula is C35H33N3O10S. The molecule has 13 nitrogen and oxygen atoms in total. The lowest BCUT2D eigenvalue weighted by atomic mass is 10.1. The third-order valence-corrected chi connectivity index (χ3v) is 8.80. The van der Waals surface area contributed by atoms with Crippen molar-refractivity contribution in [3.8, 4) is 22.8 Å². The maximum Gasteiger partial charge on any atom is 0.335 e. The maximum atomic E-state index is 13.3. The monoisotopic (exact) mass is 687 g/mol. The lowest BCUT2D eigenvalue weighted by Gasteiger charge is -2.20. The number of aryl methyl sites for hydroxylation is 1. The van der Waals surface area contributed by atoms with Crippen LogP contribution in [0.4, 0.5) is 5.69 Å². The number of rotatable bonds is 16. The highest BCUT2D eigenvalue weighted by atomic mass is 32.2. The van der Waals surface area contributed by atoms with E-state index in [1.807, 2.05) is 13.0 Å². The number of ether oxygens (including phenoxy) is 2. The van der Waals surface area contributed by atoms with Crippen LogP contribution in [0.2, 0.25) is 0 Å². The molecule has 1 heterocycles. The number of aromatic amines is 1. The van der Waals surface area contributed by atoms with E-state index in [4.69, 9.17) is 9.47 Å². The van der Waals surface area contributed by atoms with Gasteiger partial charge >= 0.3 is 17.9 Å². The highest BCUT2D eigenvalue weighted by molar-refractivity contribution is 7.92. The summed E-state index contributed by atoms with van der Waals surface area (Å²) in [5.74, 6) is -2.78. The number of sulfonamides is 1. The fraction of sp³-hybridized carbons (Fsp3) is 0.171. The number of nitrogens with one attached hydrogen (secondary N) is 2. The molecule has 0 radical (unpaired) electrons. The number of benzene rings is 4. The van der Waals surface area contributed by atoms with Gasteiger partial charge in [0.2, 0.25) is 0 Å². The van der Waals surface area contributed by atoms with E-state index in [1.165, 1.54) is 29.2 Å². The minimum Gasteiger partial charge on any atom is -0.490 e. The van der Waals surface area contributed by atoms with Gasteiger partial charge in [-0.3, -0.25) is 19.2 Å². The number of aromatic nitrogens is 1. The summed E-state index contributed by atoms with van der Waals surface area (Å²) in [5.41, 5.74) is 3.68. The van der Waals surface area contributed by atoms with Crippen LogP contribution in [0, 0.1) is 6.92 Å². The number of carboxylic acids is 3. The molecule has 5 rings (SSSR count). The molecule has 0 aliphatic rings. The van der Waals surface area contributed by atoms with E-state index in [-0.39, 0.29) is 41.7 Å². The number of carboxylic acid groups (broad SMARTS) is 3. The SMILES string of the molecule is Cc1ccc(S(=O)(=O)Nc2ccc(-c3cc4ccc(C(=O)O)cc4[nH]3)cc2OCCOc2ccccc2CN(CC(=O)O)CC(=O)O)cc1. The molecule has 49 heavy (non-hydrogen) atoms. The summed E-state index contributed by atoms with van der Waals surface area (Å²) in [6.45, 7) is 0.898. The van der Waals surface area contributed by atoms with E-state index >= 15 is 0 Å². The second-order valence-corrected chi connectivity index (χ2v) is 12.8. The standard InChI is InChI=1S/C35H33N3O10S/c1-22-6-11-27(12-7-22)49(45,46)37-28-13-10-24(29-16-23-8-9-25(35(43)44)17-30(23)36-29)18-32(28)48-15-14-47-31-5-3-2-4-26(31)19-38(20-33(39)40)21-34(41)42/h2-13,16-18,36-37H,14-15,19-21H2,1H3,(H,39,40)(H,41,42)(H,43,44). The topological polar surface area (TPSA) is 196 Å². The predicted octanol–water partition coefficient (Wildman–Crippen LogP) is 5.07. The second-order valence-electron chi connectivity index (χ2n) is 11.2. The van der Waals surface area contributed by atoms with E-state index in [2.05, 4.69) is 9.71 Å². The zero-order chi connectivity index (χ0) is 35.1. The van der Waals surface area contributed by atoms with E-state index in [0.717, 1.165) is 10.9 Å². The third-order valence-electron chi connectivity index (χ3n) is 7.42. The fourth-order valence-electron chi connectivity index (χ4n) is 5.10. The molecule has 0 aliphatic heterocycles. The van der Waals surface area contributed by atoms with E-state index in [9.17, 15) is 38.1 Å². The molecule has 4 aromatic carbocycles. The Labute approximate surface area is 281 Å². The smallest absolute Gasteiger partial charge is 0.335 e. The van der Waals surface area contributed by atoms with Gasteiger partial charge < -0.3 is 29.8 Å². The van der Waals surface area contributed by atoms with Crippen molar-refractivity contribution in [3.63, 3.8) is 0 Å².